The molecule has 2 aromatic rings. The van der Waals surface area contributed by atoms with Crippen molar-refractivity contribution in [3.63, 3.8) is 0 Å². The van der Waals surface area contributed by atoms with Crippen LogP contribution in [-0.2, 0) is 0 Å². The molecule has 1 heterocycles. The van der Waals surface area contributed by atoms with Crippen LogP contribution in [0.25, 0.3) is 10.9 Å². The van der Waals surface area contributed by atoms with E-state index in [9.17, 15) is 0 Å². The van der Waals surface area contributed by atoms with Crippen LogP contribution < -0.4 is 5.32 Å². The molecule has 0 aliphatic heterocycles. The molecule has 2 nitrogen and oxygen atoms in total. The Hall–Kier alpha value is -1.44. The SMILES string of the molecule is CC1CCC(C(C)C)C(Nc2ccc3[nH]ccc3c2)C1. The van der Waals surface area contributed by atoms with Crippen molar-refractivity contribution < 1.29 is 0 Å². The predicted molar refractivity (Wildman–Crippen MR) is 87.1 cm³/mol. The van der Waals surface area contributed by atoms with Crippen LogP contribution in [0.3, 0.4) is 0 Å². The van der Waals surface area contributed by atoms with E-state index in [1.165, 1.54) is 35.9 Å². The van der Waals surface area contributed by atoms with Gasteiger partial charge in [0.2, 0.25) is 0 Å². The first kappa shape index (κ1) is 13.5. The normalized spacial score (nSPS) is 27.1. The van der Waals surface area contributed by atoms with Crippen molar-refractivity contribution in [3.05, 3.63) is 30.5 Å². The highest BCUT2D eigenvalue weighted by atomic mass is 14.9. The maximum absolute atomic E-state index is 3.81. The van der Waals surface area contributed by atoms with Crippen LogP contribution in [0.1, 0.15) is 40.0 Å². The minimum absolute atomic E-state index is 0.621. The van der Waals surface area contributed by atoms with E-state index < -0.39 is 0 Å². The summed E-state index contributed by atoms with van der Waals surface area (Å²) in [4.78, 5) is 3.26. The first-order valence-electron chi connectivity index (χ1n) is 7.97. The summed E-state index contributed by atoms with van der Waals surface area (Å²) >= 11 is 0. The van der Waals surface area contributed by atoms with Gasteiger partial charge in [0, 0.05) is 28.8 Å². The van der Waals surface area contributed by atoms with Gasteiger partial charge < -0.3 is 10.3 Å². The molecule has 0 bridgehead atoms. The minimum atomic E-state index is 0.621. The molecule has 0 amide bonds. The molecule has 1 fully saturated rings. The van der Waals surface area contributed by atoms with Gasteiger partial charge in [-0.3, -0.25) is 0 Å². The third-order valence-electron chi connectivity index (χ3n) is 4.93. The molecule has 3 unspecified atom stereocenters. The zero-order chi connectivity index (χ0) is 14.1. The molecule has 1 aliphatic rings. The zero-order valence-corrected chi connectivity index (χ0v) is 12.8. The fraction of sp³-hybridized carbons (Fsp3) is 0.556. The van der Waals surface area contributed by atoms with Crippen LogP contribution in [-0.4, -0.2) is 11.0 Å². The topological polar surface area (TPSA) is 27.8 Å². The molecule has 3 rings (SSSR count). The van der Waals surface area contributed by atoms with Gasteiger partial charge in [0.15, 0.2) is 0 Å². The maximum Gasteiger partial charge on any atom is 0.0455 e. The molecule has 1 aromatic heterocycles. The lowest BCUT2D eigenvalue weighted by atomic mass is 9.74. The van der Waals surface area contributed by atoms with Crippen molar-refractivity contribution in [2.45, 2.75) is 46.1 Å². The second kappa shape index (κ2) is 5.51. The van der Waals surface area contributed by atoms with Crippen LogP contribution in [0.5, 0.6) is 0 Å². The second-order valence-corrected chi connectivity index (χ2v) is 6.86. The van der Waals surface area contributed by atoms with E-state index in [0.29, 0.717) is 6.04 Å². The number of aromatic amines is 1. The lowest BCUT2D eigenvalue weighted by molar-refractivity contribution is 0.212. The van der Waals surface area contributed by atoms with E-state index >= 15 is 0 Å². The highest BCUT2D eigenvalue weighted by molar-refractivity contribution is 5.83. The number of nitrogens with one attached hydrogen (secondary N) is 2. The first-order chi connectivity index (χ1) is 9.63. The van der Waals surface area contributed by atoms with Gasteiger partial charge in [0.1, 0.15) is 0 Å². The van der Waals surface area contributed by atoms with Gasteiger partial charge in [-0.05, 0) is 54.9 Å². The summed E-state index contributed by atoms with van der Waals surface area (Å²) in [5, 5.41) is 5.10. The lowest BCUT2D eigenvalue weighted by Gasteiger charge is -2.38. The Bertz CT molecular complexity index is 570. The predicted octanol–water partition coefficient (Wildman–Crippen LogP) is 5.04. The van der Waals surface area contributed by atoms with Gasteiger partial charge in [-0.1, -0.05) is 27.2 Å². The molecule has 1 aliphatic carbocycles. The number of fused-ring (bicyclic) bond motifs is 1. The molecular formula is C18H26N2. The van der Waals surface area contributed by atoms with Crippen LogP contribution in [0, 0.1) is 17.8 Å². The largest absolute Gasteiger partial charge is 0.382 e. The highest BCUT2D eigenvalue weighted by Gasteiger charge is 2.30. The monoisotopic (exact) mass is 270 g/mol. The van der Waals surface area contributed by atoms with E-state index in [1.807, 2.05) is 6.20 Å². The molecule has 2 heteroatoms. The molecule has 2 N–H and O–H groups in total. The van der Waals surface area contributed by atoms with Gasteiger partial charge in [-0.15, -0.1) is 0 Å². The molecule has 0 saturated heterocycles. The van der Waals surface area contributed by atoms with Crippen LogP contribution in [0.15, 0.2) is 30.5 Å². The zero-order valence-electron chi connectivity index (χ0n) is 12.8. The van der Waals surface area contributed by atoms with Crippen LogP contribution >= 0.6 is 0 Å². The number of H-pyrrole nitrogens is 1. The number of hydrogen-bond acceptors (Lipinski definition) is 1. The molecular weight excluding hydrogens is 244 g/mol. The first-order valence-corrected chi connectivity index (χ1v) is 7.97. The van der Waals surface area contributed by atoms with E-state index in [0.717, 1.165) is 17.8 Å². The van der Waals surface area contributed by atoms with Crippen molar-refractivity contribution >= 4 is 16.6 Å². The molecule has 0 spiro atoms. The van der Waals surface area contributed by atoms with E-state index in [-0.39, 0.29) is 0 Å². The summed E-state index contributed by atoms with van der Waals surface area (Å²) in [7, 11) is 0. The number of anilines is 1. The standard InChI is InChI=1S/C18H26N2/c1-12(2)16-6-4-13(3)10-18(16)20-15-5-7-17-14(11-15)8-9-19-17/h5,7-9,11-13,16,18-20H,4,6,10H2,1-3H3. The molecule has 0 radical (unpaired) electrons. The summed E-state index contributed by atoms with van der Waals surface area (Å²) in [5.41, 5.74) is 2.48. The third-order valence-corrected chi connectivity index (χ3v) is 4.93. The fourth-order valence-electron chi connectivity index (χ4n) is 3.73. The van der Waals surface area contributed by atoms with Crippen molar-refractivity contribution in [1.29, 1.82) is 0 Å². The quantitative estimate of drug-likeness (QED) is 0.803. The summed E-state index contributed by atoms with van der Waals surface area (Å²) < 4.78 is 0. The third kappa shape index (κ3) is 2.70. The average molecular weight is 270 g/mol. The van der Waals surface area contributed by atoms with E-state index in [1.54, 1.807) is 0 Å². The summed E-state index contributed by atoms with van der Waals surface area (Å²) in [5.74, 6) is 2.41. The van der Waals surface area contributed by atoms with Gasteiger partial charge in [0.05, 0.1) is 0 Å². The van der Waals surface area contributed by atoms with Crippen molar-refractivity contribution in [2.24, 2.45) is 17.8 Å². The van der Waals surface area contributed by atoms with E-state index in [2.05, 4.69) is 55.3 Å². The molecule has 108 valence electrons. The Kier molecular flexibility index (Phi) is 3.73. The Morgan fingerprint density at radius 3 is 2.85 bits per heavy atom. The van der Waals surface area contributed by atoms with Crippen molar-refractivity contribution in [1.82, 2.24) is 4.98 Å². The molecule has 1 saturated carbocycles. The van der Waals surface area contributed by atoms with Gasteiger partial charge in [-0.25, -0.2) is 0 Å². The molecule has 1 aromatic carbocycles. The fourth-order valence-corrected chi connectivity index (χ4v) is 3.73. The lowest BCUT2D eigenvalue weighted by Crippen LogP contribution is -2.37. The highest BCUT2D eigenvalue weighted by Crippen LogP contribution is 2.35. The van der Waals surface area contributed by atoms with Gasteiger partial charge >= 0.3 is 0 Å². The van der Waals surface area contributed by atoms with Crippen LogP contribution in [0.4, 0.5) is 5.69 Å². The Balaban J connectivity index is 1.79. The van der Waals surface area contributed by atoms with E-state index in [4.69, 9.17) is 0 Å². The van der Waals surface area contributed by atoms with Gasteiger partial charge in [0.25, 0.3) is 0 Å². The number of benzene rings is 1. The summed E-state index contributed by atoms with van der Waals surface area (Å²) in [6, 6.07) is 9.41. The van der Waals surface area contributed by atoms with Gasteiger partial charge in [-0.2, -0.15) is 0 Å². The summed E-state index contributed by atoms with van der Waals surface area (Å²) in [6.07, 6.45) is 6.06. The minimum Gasteiger partial charge on any atom is -0.382 e. The second-order valence-electron chi connectivity index (χ2n) is 6.86. The van der Waals surface area contributed by atoms with Crippen LogP contribution in [0.2, 0.25) is 0 Å². The summed E-state index contributed by atoms with van der Waals surface area (Å²) in [6.45, 7) is 7.12. The maximum atomic E-state index is 3.81. The number of rotatable bonds is 3. The Morgan fingerprint density at radius 2 is 2.05 bits per heavy atom. The number of aromatic nitrogens is 1. The smallest absolute Gasteiger partial charge is 0.0455 e. The Morgan fingerprint density at radius 1 is 1.20 bits per heavy atom. The molecule has 3 atom stereocenters. The molecule has 20 heavy (non-hydrogen) atoms. The Labute approximate surface area is 122 Å². The van der Waals surface area contributed by atoms with Crippen molar-refractivity contribution in [3.8, 4) is 0 Å². The van der Waals surface area contributed by atoms with Crippen molar-refractivity contribution in [2.75, 3.05) is 5.32 Å². The average Bonchev–Trinajstić information content (AvgIpc) is 2.85. The number of hydrogen-bond donors (Lipinski definition) is 2.